The zero-order valence-corrected chi connectivity index (χ0v) is 16.3. The predicted molar refractivity (Wildman–Crippen MR) is 105 cm³/mol. The Bertz CT molecular complexity index is 801. The highest BCUT2D eigenvalue weighted by Gasteiger charge is 2.48. The van der Waals surface area contributed by atoms with Crippen LogP contribution in [0.1, 0.15) is 37.7 Å². The van der Waals surface area contributed by atoms with Crippen molar-refractivity contribution in [2.75, 3.05) is 11.5 Å². The van der Waals surface area contributed by atoms with Gasteiger partial charge in [0.25, 0.3) is 5.91 Å². The van der Waals surface area contributed by atoms with Gasteiger partial charge in [0.05, 0.1) is 17.5 Å². The van der Waals surface area contributed by atoms with E-state index < -0.39 is 9.84 Å². The molecule has 0 unspecified atom stereocenters. The van der Waals surface area contributed by atoms with Crippen molar-refractivity contribution in [3.8, 4) is 0 Å². The Labute approximate surface area is 159 Å². The number of sulfone groups is 1. The first-order chi connectivity index (χ1) is 12.5. The molecule has 2 atom stereocenters. The maximum absolute atomic E-state index is 12.7. The molecule has 2 aliphatic heterocycles. The van der Waals surface area contributed by atoms with Crippen LogP contribution < -0.4 is 0 Å². The second-order valence-corrected chi connectivity index (χ2v) is 10.8. The van der Waals surface area contributed by atoms with Gasteiger partial charge < -0.3 is 4.90 Å². The van der Waals surface area contributed by atoms with Crippen molar-refractivity contribution in [2.24, 2.45) is 10.9 Å². The van der Waals surface area contributed by atoms with E-state index in [0.29, 0.717) is 11.7 Å². The molecule has 1 aliphatic carbocycles. The lowest BCUT2D eigenvalue weighted by molar-refractivity contribution is -0.122. The Morgan fingerprint density at radius 2 is 1.85 bits per heavy atom. The summed E-state index contributed by atoms with van der Waals surface area (Å²) in [6.07, 6.45) is 5.27. The number of hydrogen-bond donors (Lipinski definition) is 0. The average molecular weight is 393 g/mol. The van der Waals surface area contributed by atoms with Crippen molar-refractivity contribution < 1.29 is 13.2 Å². The average Bonchev–Trinajstić information content (AvgIpc) is 3.09. The Balaban J connectivity index is 1.58. The monoisotopic (exact) mass is 392 g/mol. The lowest BCUT2D eigenvalue weighted by Crippen LogP contribution is -2.37. The summed E-state index contributed by atoms with van der Waals surface area (Å²) in [7, 11) is -3.01. The van der Waals surface area contributed by atoms with Crippen LogP contribution in [0, 0.1) is 5.92 Å². The Kier molecular flexibility index (Phi) is 5.10. The number of amidine groups is 1. The molecule has 7 heteroatoms. The number of amides is 1. The molecule has 1 amide bonds. The third-order valence-corrected chi connectivity index (χ3v) is 8.78. The van der Waals surface area contributed by atoms with Crippen LogP contribution in [-0.2, 0) is 21.2 Å². The van der Waals surface area contributed by atoms with E-state index in [4.69, 9.17) is 0 Å². The SMILES string of the molecule is O=C(N=C1S[C@@H]2CS(=O)(=O)C[C@@H]2N1Cc1ccccc1)C1CCCCC1. The molecule has 26 heavy (non-hydrogen) atoms. The zero-order chi connectivity index (χ0) is 18.1. The van der Waals surface area contributed by atoms with Gasteiger partial charge in [0.1, 0.15) is 0 Å². The van der Waals surface area contributed by atoms with Crippen molar-refractivity contribution in [3.05, 3.63) is 35.9 Å². The van der Waals surface area contributed by atoms with Crippen molar-refractivity contribution in [2.45, 2.75) is 49.9 Å². The molecule has 2 heterocycles. The van der Waals surface area contributed by atoms with Crippen LogP contribution in [0.25, 0.3) is 0 Å². The fraction of sp³-hybridized carbons (Fsp3) is 0.579. The van der Waals surface area contributed by atoms with Gasteiger partial charge in [0, 0.05) is 17.7 Å². The molecule has 140 valence electrons. The molecule has 5 nitrogen and oxygen atoms in total. The van der Waals surface area contributed by atoms with Crippen molar-refractivity contribution in [1.29, 1.82) is 0 Å². The highest BCUT2D eigenvalue weighted by atomic mass is 32.2. The molecule has 0 radical (unpaired) electrons. The van der Waals surface area contributed by atoms with Crippen LogP contribution in [0.15, 0.2) is 35.3 Å². The molecular formula is C19H24N2O3S2. The van der Waals surface area contributed by atoms with Gasteiger partial charge in [-0.1, -0.05) is 61.4 Å². The van der Waals surface area contributed by atoms with Gasteiger partial charge in [-0.15, -0.1) is 0 Å². The lowest BCUT2D eigenvalue weighted by Gasteiger charge is -2.25. The summed E-state index contributed by atoms with van der Waals surface area (Å²) in [6, 6.07) is 9.90. The van der Waals surface area contributed by atoms with E-state index in [1.54, 1.807) is 0 Å². The van der Waals surface area contributed by atoms with Gasteiger partial charge in [-0.2, -0.15) is 4.99 Å². The minimum absolute atomic E-state index is 0.0124. The number of aliphatic imine (C=N–C) groups is 1. The standard InChI is InChI=1S/C19H24N2O3S2/c22-18(15-9-5-2-6-10-15)20-19-21(11-14-7-3-1-4-8-14)16-12-26(23,24)13-17(16)25-19/h1,3-4,7-8,15-17H,2,5-6,9-13H2/t16-,17+/m0/s1. The Hall–Kier alpha value is -1.34. The molecule has 0 spiro atoms. The zero-order valence-electron chi connectivity index (χ0n) is 14.7. The molecule has 3 fully saturated rings. The van der Waals surface area contributed by atoms with Gasteiger partial charge in [-0.3, -0.25) is 4.79 Å². The third kappa shape index (κ3) is 3.83. The molecule has 0 N–H and O–H groups in total. The number of thioether (sulfide) groups is 1. The maximum Gasteiger partial charge on any atom is 0.251 e. The fourth-order valence-corrected chi connectivity index (χ4v) is 8.09. The summed E-state index contributed by atoms with van der Waals surface area (Å²) in [5, 5.41) is 0.705. The van der Waals surface area contributed by atoms with Gasteiger partial charge in [0.15, 0.2) is 15.0 Å². The van der Waals surface area contributed by atoms with Crippen LogP contribution in [0.4, 0.5) is 0 Å². The van der Waals surface area contributed by atoms with E-state index in [-0.39, 0.29) is 34.6 Å². The predicted octanol–water partition coefficient (Wildman–Crippen LogP) is 2.86. The van der Waals surface area contributed by atoms with Crippen molar-refractivity contribution in [1.82, 2.24) is 4.90 Å². The normalized spacial score (nSPS) is 29.8. The van der Waals surface area contributed by atoms with Gasteiger partial charge in [-0.25, -0.2) is 8.42 Å². The summed E-state index contributed by atoms with van der Waals surface area (Å²) in [5.41, 5.74) is 1.11. The van der Waals surface area contributed by atoms with E-state index in [2.05, 4.69) is 9.89 Å². The second kappa shape index (κ2) is 7.35. The molecule has 2 saturated heterocycles. The minimum atomic E-state index is -3.01. The van der Waals surface area contributed by atoms with Crippen LogP contribution in [-0.4, -0.2) is 47.2 Å². The van der Waals surface area contributed by atoms with Gasteiger partial charge in [0.2, 0.25) is 0 Å². The number of rotatable bonds is 3. The van der Waals surface area contributed by atoms with E-state index in [0.717, 1.165) is 31.2 Å². The second-order valence-electron chi connectivity index (χ2n) is 7.48. The van der Waals surface area contributed by atoms with Crippen LogP contribution >= 0.6 is 11.8 Å². The first-order valence-electron chi connectivity index (χ1n) is 9.32. The highest BCUT2D eigenvalue weighted by Crippen LogP contribution is 2.39. The highest BCUT2D eigenvalue weighted by molar-refractivity contribution is 8.15. The van der Waals surface area contributed by atoms with Crippen LogP contribution in [0.3, 0.4) is 0 Å². The number of benzene rings is 1. The lowest BCUT2D eigenvalue weighted by atomic mass is 9.89. The molecule has 1 aromatic rings. The quantitative estimate of drug-likeness (QED) is 0.791. The summed E-state index contributed by atoms with van der Waals surface area (Å²) >= 11 is 1.48. The number of carbonyl (C=O) groups is 1. The smallest absolute Gasteiger partial charge is 0.251 e. The number of nitrogens with zero attached hydrogens (tertiary/aromatic N) is 2. The van der Waals surface area contributed by atoms with Gasteiger partial charge in [-0.05, 0) is 18.4 Å². The minimum Gasteiger partial charge on any atom is -0.342 e. The molecule has 0 aromatic heterocycles. The summed E-state index contributed by atoms with van der Waals surface area (Å²) in [4.78, 5) is 19.2. The molecule has 0 bridgehead atoms. The fourth-order valence-electron chi connectivity index (χ4n) is 4.14. The van der Waals surface area contributed by atoms with Gasteiger partial charge >= 0.3 is 0 Å². The van der Waals surface area contributed by atoms with Crippen molar-refractivity contribution in [3.63, 3.8) is 0 Å². The maximum atomic E-state index is 12.7. The third-order valence-electron chi connectivity index (χ3n) is 5.53. The molecule has 3 aliphatic rings. The van der Waals surface area contributed by atoms with Crippen LogP contribution in [0.5, 0.6) is 0 Å². The largest absolute Gasteiger partial charge is 0.342 e. The van der Waals surface area contributed by atoms with E-state index in [1.165, 1.54) is 18.2 Å². The summed E-state index contributed by atoms with van der Waals surface area (Å²) in [5.74, 6) is 0.367. The molecule has 4 rings (SSSR count). The molecular weight excluding hydrogens is 368 g/mol. The number of carbonyl (C=O) groups excluding carboxylic acids is 1. The number of hydrogen-bond acceptors (Lipinski definition) is 4. The molecule has 1 aromatic carbocycles. The number of fused-ring (bicyclic) bond motifs is 1. The Morgan fingerprint density at radius 1 is 1.12 bits per heavy atom. The van der Waals surface area contributed by atoms with Crippen molar-refractivity contribution >= 4 is 32.7 Å². The van der Waals surface area contributed by atoms with Crippen LogP contribution in [0.2, 0.25) is 0 Å². The first kappa shape index (κ1) is 18.0. The summed E-state index contributed by atoms with van der Waals surface area (Å²) in [6.45, 7) is 0.599. The van der Waals surface area contributed by atoms with E-state index >= 15 is 0 Å². The topological polar surface area (TPSA) is 66.8 Å². The molecule has 1 saturated carbocycles. The van der Waals surface area contributed by atoms with E-state index in [9.17, 15) is 13.2 Å². The summed E-state index contributed by atoms with van der Waals surface area (Å²) < 4.78 is 24.1. The first-order valence-corrected chi connectivity index (χ1v) is 12.0. The van der Waals surface area contributed by atoms with E-state index in [1.807, 2.05) is 30.3 Å². The Morgan fingerprint density at radius 3 is 2.58 bits per heavy atom.